The van der Waals surface area contributed by atoms with E-state index in [1.807, 2.05) is 60.5 Å². The number of fused-ring (bicyclic) bond motifs is 1. The van der Waals surface area contributed by atoms with Crippen LogP contribution in [0.15, 0.2) is 72.8 Å². The molecule has 0 radical (unpaired) electrons. The van der Waals surface area contributed by atoms with Crippen LogP contribution in [0.1, 0.15) is 67.3 Å². The summed E-state index contributed by atoms with van der Waals surface area (Å²) in [4.78, 5) is 22.5. The van der Waals surface area contributed by atoms with E-state index >= 15 is 0 Å². The van der Waals surface area contributed by atoms with Crippen LogP contribution < -0.4 is 5.32 Å². The summed E-state index contributed by atoms with van der Waals surface area (Å²) < 4.78 is 2.37. The molecule has 2 heterocycles. The van der Waals surface area contributed by atoms with Gasteiger partial charge in [0, 0.05) is 50.7 Å². The molecule has 8 heteroatoms. The quantitative estimate of drug-likeness (QED) is 0.153. The van der Waals surface area contributed by atoms with Gasteiger partial charge < -0.3 is 19.7 Å². The van der Waals surface area contributed by atoms with Gasteiger partial charge in [-0.05, 0) is 74.2 Å². The average Bonchev–Trinajstić information content (AvgIpc) is 3.38. The first-order chi connectivity index (χ1) is 20.9. The molecule has 1 saturated heterocycles. The highest BCUT2D eigenvalue weighted by Crippen LogP contribution is 2.30. The molecule has 1 atom stereocenters. The minimum absolute atomic E-state index is 0.0262. The molecule has 1 fully saturated rings. The molecule has 43 heavy (non-hydrogen) atoms. The summed E-state index contributed by atoms with van der Waals surface area (Å²) in [6, 6.07) is 24.2. The van der Waals surface area contributed by atoms with Crippen molar-refractivity contribution in [2.24, 2.45) is 0 Å². The molecular weight excluding hydrogens is 577 g/mol. The van der Waals surface area contributed by atoms with Crippen LogP contribution in [0.4, 0.5) is 5.95 Å². The third-order valence-corrected chi connectivity index (χ3v) is 9.37. The Morgan fingerprint density at radius 2 is 1.72 bits per heavy atom. The summed E-state index contributed by atoms with van der Waals surface area (Å²) in [5.41, 5.74) is 4.08. The molecule has 1 unspecified atom stereocenters. The number of anilines is 1. The number of piperidine rings is 1. The van der Waals surface area contributed by atoms with Gasteiger partial charge in [0.1, 0.15) is 0 Å². The van der Waals surface area contributed by atoms with E-state index in [1.165, 1.54) is 18.4 Å². The van der Waals surface area contributed by atoms with Gasteiger partial charge in [-0.15, -0.1) is 0 Å². The molecule has 1 aromatic heterocycles. The number of likely N-dealkylation sites (tertiary alicyclic amines) is 1. The molecule has 1 amide bonds. The van der Waals surface area contributed by atoms with Crippen molar-refractivity contribution in [2.45, 2.75) is 64.0 Å². The number of benzene rings is 3. The number of likely N-dealkylation sites (N-methyl/N-ethyl adjacent to an activating group) is 1. The number of carbonyl (C=O) groups is 1. The third kappa shape index (κ3) is 8.11. The van der Waals surface area contributed by atoms with Crippen molar-refractivity contribution < 1.29 is 4.79 Å². The predicted octanol–water partition coefficient (Wildman–Crippen LogP) is 8.36. The standard InChI is InChI=1S/C35H43Cl2N5O/c1-3-4-10-20-42-33-14-9-8-13-32(33)39-35(42)38-29-18-22-41(23-19-29)21-17-28(27-15-16-30(36)31(37)24-27)25-40(2)34(43)26-11-6-5-7-12-26/h5-9,11-16,24,28-29H,3-4,10,17-23,25H2,1-2H3,(H,38,39). The first-order valence-corrected chi connectivity index (χ1v) is 16.4. The fraction of sp³-hybridized carbons (Fsp3) is 0.429. The van der Waals surface area contributed by atoms with Gasteiger partial charge in [-0.25, -0.2) is 4.98 Å². The summed E-state index contributed by atoms with van der Waals surface area (Å²) >= 11 is 12.7. The lowest BCUT2D eigenvalue weighted by atomic mass is 9.94. The molecule has 1 N–H and O–H groups in total. The lowest BCUT2D eigenvalue weighted by Gasteiger charge is -2.34. The Kier molecular flexibility index (Phi) is 11.0. The van der Waals surface area contributed by atoms with Crippen LogP contribution >= 0.6 is 23.2 Å². The van der Waals surface area contributed by atoms with Gasteiger partial charge >= 0.3 is 0 Å². The van der Waals surface area contributed by atoms with Gasteiger partial charge in [0.05, 0.1) is 21.1 Å². The van der Waals surface area contributed by atoms with Crippen LogP contribution in [0.25, 0.3) is 11.0 Å². The molecule has 0 bridgehead atoms. The highest BCUT2D eigenvalue weighted by molar-refractivity contribution is 6.42. The van der Waals surface area contributed by atoms with Crippen molar-refractivity contribution in [3.63, 3.8) is 0 Å². The van der Waals surface area contributed by atoms with Gasteiger partial charge in [-0.2, -0.15) is 0 Å². The van der Waals surface area contributed by atoms with Crippen LogP contribution in [0.5, 0.6) is 0 Å². The summed E-state index contributed by atoms with van der Waals surface area (Å²) in [6.07, 6.45) is 6.67. The number of rotatable bonds is 13. The number of halogens is 2. The molecular formula is C35H43Cl2N5O. The van der Waals surface area contributed by atoms with Gasteiger partial charge in [-0.3, -0.25) is 4.79 Å². The number of unbranched alkanes of at least 4 members (excludes halogenated alkanes) is 2. The molecule has 6 nitrogen and oxygen atoms in total. The molecule has 3 aromatic carbocycles. The number of hydrogen-bond acceptors (Lipinski definition) is 4. The Morgan fingerprint density at radius 1 is 0.977 bits per heavy atom. The second-order valence-corrected chi connectivity index (χ2v) is 12.6. The number of aryl methyl sites for hydroxylation is 1. The van der Waals surface area contributed by atoms with Crippen molar-refractivity contribution in [3.8, 4) is 0 Å². The van der Waals surface area contributed by atoms with Gasteiger partial charge in [-0.1, -0.05) is 79.4 Å². The first kappa shape index (κ1) is 31.4. The molecule has 1 aliphatic heterocycles. The molecule has 4 aromatic rings. The van der Waals surface area contributed by atoms with Crippen molar-refractivity contribution in [1.82, 2.24) is 19.4 Å². The number of nitrogens with one attached hydrogen (secondary N) is 1. The molecule has 0 aliphatic carbocycles. The van der Waals surface area contributed by atoms with Crippen molar-refractivity contribution in [3.05, 3.63) is 94.0 Å². The summed E-state index contributed by atoms with van der Waals surface area (Å²) in [5.74, 6) is 1.17. The Morgan fingerprint density at radius 3 is 2.47 bits per heavy atom. The molecule has 0 saturated carbocycles. The van der Waals surface area contributed by atoms with Gasteiger partial charge in [0.2, 0.25) is 5.95 Å². The van der Waals surface area contributed by atoms with Crippen LogP contribution in [0, 0.1) is 0 Å². The average molecular weight is 621 g/mol. The zero-order valence-corrected chi connectivity index (χ0v) is 26.8. The second kappa shape index (κ2) is 15.1. The van der Waals surface area contributed by atoms with E-state index in [2.05, 4.69) is 46.0 Å². The predicted molar refractivity (Wildman–Crippen MR) is 180 cm³/mol. The van der Waals surface area contributed by atoms with E-state index in [9.17, 15) is 4.79 Å². The number of aromatic nitrogens is 2. The summed E-state index contributed by atoms with van der Waals surface area (Å²) in [5, 5.41) is 4.89. The van der Waals surface area contributed by atoms with Crippen LogP contribution in [0.3, 0.4) is 0 Å². The fourth-order valence-corrected chi connectivity index (χ4v) is 6.40. The van der Waals surface area contributed by atoms with Crippen molar-refractivity contribution in [2.75, 3.05) is 38.5 Å². The second-order valence-electron chi connectivity index (χ2n) is 11.8. The number of nitrogens with zero attached hydrogens (tertiary/aromatic N) is 4. The van der Waals surface area contributed by atoms with E-state index in [0.717, 1.165) is 68.9 Å². The topological polar surface area (TPSA) is 53.4 Å². The van der Waals surface area contributed by atoms with Crippen molar-refractivity contribution >= 4 is 46.1 Å². The maximum atomic E-state index is 13.1. The molecule has 5 rings (SSSR count). The first-order valence-electron chi connectivity index (χ1n) is 15.6. The lowest BCUT2D eigenvalue weighted by molar-refractivity contribution is 0.0782. The maximum Gasteiger partial charge on any atom is 0.253 e. The highest BCUT2D eigenvalue weighted by atomic mass is 35.5. The van der Waals surface area contributed by atoms with Gasteiger partial charge in [0.15, 0.2) is 0 Å². The third-order valence-electron chi connectivity index (χ3n) is 8.63. The number of hydrogen-bond donors (Lipinski definition) is 1. The Balaban J connectivity index is 1.20. The largest absolute Gasteiger partial charge is 0.353 e. The number of amides is 1. The summed E-state index contributed by atoms with van der Waals surface area (Å²) in [6.45, 7) is 6.86. The fourth-order valence-electron chi connectivity index (χ4n) is 6.10. The van der Waals surface area contributed by atoms with E-state index in [0.29, 0.717) is 28.2 Å². The Labute approximate surface area is 266 Å². The van der Waals surface area contributed by atoms with Gasteiger partial charge in [0.25, 0.3) is 5.91 Å². The SMILES string of the molecule is CCCCCn1c(NC2CCN(CCC(CN(C)C(=O)c3ccccc3)c3ccc(Cl)c(Cl)c3)CC2)nc2ccccc21. The highest BCUT2D eigenvalue weighted by Gasteiger charge is 2.24. The molecule has 228 valence electrons. The van der Waals surface area contributed by atoms with Crippen LogP contribution in [-0.2, 0) is 6.54 Å². The molecule has 0 spiro atoms. The Bertz CT molecular complexity index is 1480. The van der Waals surface area contributed by atoms with Crippen molar-refractivity contribution in [1.29, 1.82) is 0 Å². The normalized spacial score (nSPS) is 15.1. The van der Waals surface area contributed by atoms with E-state index in [1.54, 1.807) is 0 Å². The minimum atomic E-state index is 0.0262. The molecule has 1 aliphatic rings. The monoisotopic (exact) mass is 619 g/mol. The zero-order valence-electron chi connectivity index (χ0n) is 25.3. The number of para-hydroxylation sites is 2. The maximum absolute atomic E-state index is 13.1. The van der Waals surface area contributed by atoms with E-state index in [-0.39, 0.29) is 11.8 Å². The zero-order chi connectivity index (χ0) is 30.2. The van der Waals surface area contributed by atoms with E-state index < -0.39 is 0 Å². The Hall–Kier alpha value is -3.06. The minimum Gasteiger partial charge on any atom is -0.353 e. The summed E-state index contributed by atoms with van der Waals surface area (Å²) in [7, 11) is 1.88. The van der Waals surface area contributed by atoms with Crippen LogP contribution in [0.2, 0.25) is 10.0 Å². The number of carbonyl (C=O) groups excluding carboxylic acids is 1. The van der Waals surface area contributed by atoms with E-state index in [4.69, 9.17) is 28.2 Å². The van der Waals surface area contributed by atoms with Crippen LogP contribution in [-0.4, -0.2) is 64.5 Å². The number of imidazole rings is 1. The smallest absolute Gasteiger partial charge is 0.253 e. The lowest BCUT2D eigenvalue weighted by Crippen LogP contribution is -2.40.